The van der Waals surface area contributed by atoms with Crippen molar-refractivity contribution in [2.75, 3.05) is 30.8 Å². The fraction of sp³-hybridized carbons (Fsp3) is 0.562. The lowest BCUT2D eigenvalue weighted by molar-refractivity contribution is 0.465. The molecule has 0 bridgehead atoms. The van der Waals surface area contributed by atoms with Gasteiger partial charge in [-0.25, -0.2) is 13.1 Å². The maximum absolute atomic E-state index is 11.5. The minimum atomic E-state index is -3.26. The topological polar surface area (TPSA) is 73.8 Å². The molecule has 1 aliphatic rings. The molecule has 2 rings (SSSR count). The van der Waals surface area contributed by atoms with Crippen molar-refractivity contribution in [1.29, 1.82) is 0 Å². The highest BCUT2D eigenvalue weighted by Crippen LogP contribution is 2.27. The fourth-order valence-corrected chi connectivity index (χ4v) is 3.83. The molecular formula is C16H26N4O2S. The molecule has 0 amide bonds. The maximum Gasteiger partial charge on any atom is 0.209 e. The van der Waals surface area contributed by atoms with Crippen molar-refractivity contribution < 1.29 is 8.42 Å². The zero-order valence-electron chi connectivity index (χ0n) is 14.3. The molecule has 0 radical (unpaired) electrons. The summed E-state index contributed by atoms with van der Waals surface area (Å²) < 4.78 is 25.5. The normalized spacial score (nSPS) is 15.7. The highest BCUT2D eigenvalue weighted by molar-refractivity contribution is 7.88. The number of anilines is 1. The van der Waals surface area contributed by atoms with Crippen LogP contribution in [0.1, 0.15) is 26.3 Å². The van der Waals surface area contributed by atoms with Gasteiger partial charge in [0.25, 0.3) is 0 Å². The van der Waals surface area contributed by atoms with Gasteiger partial charge >= 0.3 is 0 Å². The summed E-state index contributed by atoms with van der Waals surface area (Å²) in [5, 5.41) is 3.30. The Morgan fingerprint density at radius 2 is 2.04 bits per heavy atom. The highest BCUT2D eigenvalue weighted by Gasteiger charge is 2.25. The van der Waals surface area contributed by atoms with E-state index in [1.807, 2.05) is 32.9 Å². The predicted molar refractivity (Wildman–Crippen MR) is 95.5 cm³/mol. The molecule has 0 saturated heterocycles. The Morgan fingerprint density at radius 1 is 1.35 bits per heavy atom. The van der Waals surface area contributed by atoms with E-state index in [0.717, 1.165) is 25.5 Å². The van der Waals surface area contributed by atoms with E-state index in [0.29, 0.717) is 6.54 Å². The van der Waals surface area contributed by atoms with Crippen LogP contribution in [-0.2, 0) is 16.4 Å². The number of rotatable bonds is 5. The fourth-order valence-electron chi connectivity index (χ4n) is 2.76. The summed E-state index contributed by atoms with van der Waals surface area (Å²) >= 11 is 0. The average Bonchev–Trinajstić information content (AvgIpc) is 2.85. The van der Waals surface area contributed by atoms with E-state index < -0.39 is 15.6 Å². The predicted octanol–water partition coefficient (Wildman–Crippen LogP) is 1.34. The van der Waals surface area contributed by atoms with Crippen molar-refractivity contribution in [3.8, 4) is 0 Å². The van der Waals surface area contributed by atoms with Gasteiger partial charge in [0.1, 0.15) is 0 Å². The monoisotopic (exact) mass is 338 g/mol. The lowest BCUT2D eigenvalue weighted by Crippen LogP contribution is -2.47. The van der Waals surface area contributed by atoms with E-state index in [1.165, 1.54) is 17.5 Å². The number of hydrogen-bond acceptors (Lipinski definition) is 3. The molecule has 1 aromatic carbocycles. The SMILES string of the molecule is CCNC(=NCC(C)(C)NS(C)(=O)=O)N1CCc2ccccc21. The summed E-state index contributed by atoms with van der Waals surface area (Å²) in [6, 6.07) is 8.30. The summed E-state index contributed by atoms with van der Waals surface area (Å²) in [5.41, 5.74) is 1.85. The number of aliphatic imine (C=N–C) groups is 1. The van der Waals surface area contributed by atoms with E-state index >= 15 is 0 Å². The molecule has 0 fully saturated rings. The van der Waals surface area contributed by atoms with Crippen LogP contribution < -0.4 is 14.9 Å². The minimum absolute atomic E-state index is 0.362. The molecule has 1 aliphatic heterocycles. The van der Waals surface area contributed by atoms with E-state index in [2.05, 4.69) is 32.1 Å². The maximum atomic E-state index is 11.5. The van der Waals surface area contributed by atoms with Crippen LogP contribution in [0.2, 0.25) is 0 Å². The van der Waals surface area contributed by atoms with Crippen LogP contribution in [0.15, 0.2) is 29.3 Å². The van der Waals surface area contributed by atoms with Gasteiger partial charge in [-0.1, -0.05) is 18.2 Å². The quantitative estimate of drug-likeness (QED) is 0.628. The summed E-state index contributed by atoms with van der Waals surface area (Å²) in [5.74, 6) is 0.792. The van der Waals surface area contributed by atoms with Gasteiger partial charge in [-0.2, -0.15) is 0 Å². The third-order valence-corrected chi connectivity index (χ3v) is 4.49. The van der Waals surface area contributed by atoms with Crippen LogP contribution in [0.5, 0.6) is 0 Å². The lowest BCUT2D eigenvalue weighted by Gasteiger charge is -2.26. The summed E-state index contributed by atoms with van der Waals surface area (Å²) in [6.45, 7) is 7.69. The Kier molecular flexibility index (Phi) is 5.31. The zero-order valence-corrected chi connectivity index (χ0v) is 15.1. The molecule has 7 heteroatoms. The van der Waals surface area contributed by atoms with E-state index in [9.17, 15) is 8.42 Å². The van der Waals surface area contributed by atoms with Crippen molar-refractivity contribution in [3.05, 3.63) is 29.8 Å². The Balaban J connectivity index is 2.19. The van der Waals surface area contributed by atoms with Crippen molar-refractivity contribution in [3.63, 3.8) is 0 Å². The van der Waals surface area contributed by atoms with E-state index in [4.69, 9.17) is 0 Å². The first-order valence-electron chi connectivity index (χ1n) is 7.84. The Morgan fingerprint density at radius 3 is 2.70 bits per heavy atom. The second-order valence-corrected chi connectivity index (χ2v) is 8.21. The van der Waals surface area contributed by atoms with Gasteiger partial charge in [0.05, 0.1) is 12.8 Å². The molecular weight excluding hydrogens is 312 g/mol. The van der Waals surface area contributed by atoms with Gasteiger partial charge in [-0.3, -0.25) is 4.99 Å². The first kappa shape index (κ1) is 17.7. The van der Waals surface area contributed by atoms with Crippen LogP contribution in [0.25, 0.3) is 0 Å². The first-order valence-corrected chi connectivity index (χ1v) is 9.74. The first-order chi connectivity index (χ1) is 10.7. The van der Waals surface area contributed by atoms with Gasteiger partial charge in [-0.05, 0) is 38.8 Å². The molecule has 0 spiro atoms. The number of para-hydroxylation sites is 1. The molecule has 1 heterocycles. The number of benzene rings is 1. The minimum Gasteiger partial charge on any atom is -0.356 e. The van der Waals surface area contributed by atoms with Crippen LogP contribution in [0.3, 0.4) is 0 Å². The molecule has 0 saturated carbocycles. The molecule has 128 valence electrons. The van der Waals surface area contributed by atoms with Crippen molar-refractivity contribution >= 4 is 21.7 Å². The van der Waals surface area contributed by atoms with Crippen molar-refractivity contribution in [2.24, 2.45) is 4.99 Å². The number of guanidine groups is 1. The van der Waals surface area contributed by atoms with E-state index in [-0.39, 0.29) is 0 Å². The van der Waals surface area contributed by atoms with Gasteiger partial charge in [0.2, 0.25) is 10.0 Å². The average molecular weight is 338 g/mol. The van der Waals surface area contributed by atoms with Gasteiger partial charge in [0.15, 0.2) is 5.96 Å². The lowest BCUT2D eigenvalue weighted by atomic mass is 10.1. The third kappa shape index (κ3) is 4.94. The summed E-state index contributed by atoms with van der Waals surface area (Å²) in [4.78, 5) is 6.82. The Bertz CT molecular complexity index is 683. The van der Waals surface area contributed by atoms with E-state index in [1.54, 1.807) is 0 Å². The summed E-state index contributed by atoms with van der Waals surface area (Å²) in [6.07, 6.45) is 2.16. The van der Waals surface area contributed by atoms with Crippen LogP contribution in [-0.4, -0.2) is 45.8 Å². The van der Waals surface area contributed by atoms with Crippen molar-refractivity contribution in [1.82, 2.24) is 10.0 Å². The number of fused-ring (bicyclic) bond motifs is 1. The Hall–Kier alpha value is -1.60. The number of hydrogen-bond donors (Lipinski definition) is 2. The second-order valence-electron chi connectivity index (χ2n) is 6.46. The van der Waals surface area contributed by atoms with Gasteiger partial charge in [0, 0.05) is 24.3 Å². The molecule has 0 unspecified atom stereocenters. The van der Waals surface area contributed by atoms with Gasteiger partial charge < -0.3 is 10.2 Å². The Labute approximate surface area is 139 Å². The number of sulfonamides is 1. The molecule has 0 aliphatic carbocycles. The van der Waals surface area contributed by atoms with Crippen LogP contribution in [0, 0.1) is 0 Å². The molecule has 2 N–H and O–H groups in total. The third-order valence-electron chi connectivity index (χ3n) is 3.56. The van der Waals surface area contributed by atoms with Crippen LogP contribution in [0.4, 0.5) is 5.69 Å². The van der Waals surface area contributed by atoms with Crippen molar-refractivity contribution in [2.45, 2.75) is 32.7 Å². The second kappa shape index (κ2) is 6.88. The van der Waals surface area contributed by atoms with Crippen LogP contribution >= 0.6 is 0 Å². The van der Waals surface area contributed by atoms with Gasteiger partial charge in [-0.15, -0.1) is 0 Å². The number of nitrogens with zero attached hydrogens (tertiary/aromatic N) is 2. The molecule has 6 nitrogen and oxygen atoms in total. The molecule has 23 heavy (non-hydrogen) atoms. The smallest absolute Gasteiger partial charge is 0.209 e. The summed E-state index contributed by atoms with van der Waals surface area (Å²) in [7, 11) is -3.26. The molecule has 0 atom stereocenters. The largest absolute Gasteiger partial charge is 0.356 e. The molecule has 1 aromatic rings. The zero-order chi connectivity index (χ0) is 17.1. The standard InChI is InChI=1S/C16H26N4O2S/c1-5-17-15(18-12-16(2,3)19-23(4,21)22)20-11-10-13-8-6-7-9-14(13)20/h6-9,19H,5,10-12H2,1-4H3,(H,17,18). The highest BCUT2D eigenvalue weighted by atomic mass is 32.2. The molecule has 0 aromatic heterocycles. The number of nitrogens with one attached hydrogen (secondary N) is 2.